The van der Waals surface area contributed by atoms with E-state index >= 15 is 0 Å². The SMILES string of the molecule is C/C=C(\C)Nc1ccc(C(C)=O)cc1CC. The second-order valence-electron chi connectivity index (χ2n) is 3.88. The third kappa shape index (κ3) is 2.96. The van der Waals surface area contributed by atoms with Gasteiger partial charge in [-0.05, 0) is 51.0 Å². The van der Waals surface area contributed by atoms with Crippen LogP contribution in [0.1, 0.15) is 43.6 Å². The monoisotopic (exact) mass is 217 g/mol. The second-order valence-corrected chi connectivity index (χ2v) is 3.88. The summed E-state index contributed by atoms with van der Waals surface area (Å²) in [6.45, 7) is 7.71. The lowest BCUT2D eigenvalue weighted by Crippen LogP contribution is -2.01. The fraction of sp³-hybridized carbons (Fsp3) is 0.357. The van der Waals surface area contributed by atoms with Crippen molar-refractivity contribution in [3.63, 3.8) is 0 Å². The summed E-state index contributed by atoms with van der Waals surface area (Å²) >= 11 is 0. The third-order valence-electron chi connectivity index (χ3n) is 2.66. The van der Waals surface area contributed by atoms with Crippen LogP contribution >= 0.6 is 0 Å². The maximum absolute atomic E-state index is 11.3. The van der Waals surface area contributed by atoms with E-state index in [0.717, 1.165) is 23.4 Å². The van der Waals surface area contributed by atoms with Gasteiger partial charge in [0.05, 0.1) is 0 Å². The minimum Gasteiger partial charge on any atom is -0.359 e. The minimum absolute atomic E-state index is 0.115. The van der Waals surface area contributed by atoms with E-state index in [4.69, 9.17) is 0 Å². The minimum atomic E-state index is 0.115. The molecule has 0 unspecified atom stereocenters. The lowest BCUT2D eigenvalue weighted by atomic mass is 10.0. The first kappa shape index (κ1) is 12.5. The summed E-state index contributed by atoms with van der Waals surface area (Å²) in [4.78, 5) is 11.3. The van der Waals surface area contributed by atoms with Crippen LogP contribution in [0.25, 0.3) is 0 Å². The maximum atomic E-state index is 11.3. The number of allylic oxidation sites excluding steroid dienone is 2. The molecule has 1 aromatic rings. The predicted octanol–water partition coefficient (Wildman–Crippen LogP) is 3.79. The van der Waals surface area contributed by atoms with Gasteiger partial charge < -0.3 is 5.32 Å². The summed E-state index contributed by atoms with van der Waals surface area (Å²) in [5.74, 6) is 0.115. The lowest BCUT2D eigenvalue weighted by Gasteiger charge is -2.12. The highest BCUT2D eigenvalue weighted by Gasteiger charge is 2.05. The molecule has 1 rings (SSSR count). The van der Waals surface area contributed by atoms with Gasteiger partial charge in [0.15, 0.2) is 5.78 Å². The number of hydrogen-bond donors (Lipinski definition) is 1. The number of carbonyl (C=O) groups is 1. The van der Waals surface area contributed by atoms with Crippen molar-refractivity contribution < 1.29 is 4.79 Å². The van der Waals surface area contributed by atoms with E-state index in [0.29, 0.717) is 0 Å². The zero-order chi connectivity index (χ0) is 12.1. The van der Waals surface area contributed by atoms with Crippen LogP contribution in [-0.2, 0) is 6.42 Å². The Labute approximate surface area is 97.4 Å². The molecule has 0 saturated heterocycles. The zero-order valence-electron chi connectivity index (χ0n) is 10.4. The largest absolute Gasteiger partial charge is 0.359 e. The highest BCUT2D eigenvalue weighted by molar-refractivity contribution is 5.94. The molecule has 0 atom stereocenters. The van der Waals surface area contributed by atoms with E-state index in [1.165, 1.54) is 5.56 Å². The van der Waals surface area contributed by atoms with Crippen LogP contribution in [0.5, 0.6) is 0 Å². The van der Waals surface area contributed by atoms with E-state index in [1.807, 2.05) is 38.1 Å². The molecule has 2 nitrogen and oxygen atoms in total. The summed E-state index contributed by atoms with van der Waals surface area (Å²) in [5, 5.41) is 3.33. The van der Waals surface area contributed by atoms with Crippen molar-refractivity contribution in [2.24, 2.45) is 0 Å². The Morgan fingerprint density at radius 3 is 2.56 bits per heavy atom. The van der Waals surface area contributed by atoms with Crippen LogP contribution in [-0.4, -0.2) is 5.78 Å². The van der Waals surface area contributed by atoms with Crippen molar-refractivity contribution in [1.82, 2.24) is 0 Å². The molecule has 0 fully saturated rings. The number of benzene rings is 1. The smallest absolute Gasteiger partial charge is 0.159 e. The molecule has 16 heavy (non-hydrogen) atoms. The van der Waals surface area contributed by atoms with E-state index in [2.05, 4.69) is 12.2 Å². The van der Waals surface area contributed by atoms with Crippen LogP contribution in [0, 0.1) is 0 Å². The van der Waals surface area contributed by atoms with Crippen molar-refractivity contribution >= 4 is 11.5 Å². The molecule has 0 aromatic heterocycles. The Bertz CT molecular complexity index is 419. The molecule has 1 N–H and O–H groups in total. The Balaban J connectivity index is 3.07. The topological polar surface area (TPSA) is 29.1 Å². The van der Waals surface area contributed by atoms with Gasteiger partial charge in [-0.25, -0.2) is 0 Å². The number of Topliss-reactive ketones (excluding diaryl/α,β-unsaturated/α-hetero) is 1. The molecule has 0 radical (unpaired) electrons. The van der Waals surface area contributed by atoms with Crippen molar-refractivity contribution in [2.45, 2.75) is 34.1 Å². The molecule has 0 heterocycles. The molecule has 0 aliphatic carbocycles. The number of aryl methyl sites for hydroxylation is 1. The molecule has 0 bridgehead atoms. The van der Waals surface area contributed by atoms with E-state index in [1.54, 1.807) is 6.92 Å². The summed E-state index contributed by atoms with van der Waals surface area (Å²) < 4.78 is 0. The van der Waals surface area contributed by atoms with Crippen molar-refractivity contribution in [3.05, 3.63) is 41.1 Å². The predicted molar refractivity (Wildman–Crippen MR) is 68.9 cm³/mol. The van der Waals surface area contributed by atoms with Gasteiger partial charge in [-0.1, -0.05) is 13.0 Å². The molecule has 0 amide bonds. The third-order valence-corrected chi connectivity index (χ3v) is 2.66. The van der Waals surface area contributed by atoms with Gasteiger partial charge in [0.2, 0.25) is 0 Å². The highest BCUT2D eigenvalue weighted by atomic mass is 16.1. The number of anilines is 1. The van der Waals surface area contributed by atoms with Gasteiger partial charge in [0, 0.05) is 16.9 Å². The van der Waals surface area contributed by atoms with Crippen LogP contribution in [0.15, 0.2) is 30.0 Å². The van der Waals surface area contributed by atoms with Crippen molar-refractivity contribution in [1.29, 1.82) is 0 Å². The van der Waals surface area contributed by atoms with Crippen LogP contribution < -0.4 is 5.32 Å². The van der Waals surface area contributed by atoms with E-state index < -0.39 is 0 Å². The standard InChI is InChI=1S/C14H19NO/c1-5-10(3)15-14-8-7-13(11(4)16)9-12(14)6-2/h5,7-9,15H,6H2,1-4H3/b10-5+. The quantitative estimate of drug-likeness (QED) is 0.777. The van der Waals surface area contributed by atoms with Gasteiger partial charge in [0.25, 0.3) is 0 Å². The molecular formula is C14H19NO. The molecule has 2 heteroatoms. The van der Waals surface area contributed by atoms with Gasteiger partial charge in [-0.2, -0.15) is 0 Å². The molecular weight excluding hydrogens is 198 g/mol. The van der Waals surface area contributed by atoms with E-state index in [-0.39, 0.29) is 5.78 Å². The average Bonchev–Trinajstić information content (AvgIpc) is 2.29. The molecule has 0 saturated carbocycles. The molecule has 86 valence electrons. The fourth-order valence-electron chi connectivity index (χ4n) is 1.51. The maximum Gasteiger partial charge on any atom is 0.159 e. The average molecular weight is 217 g/mol. The summed E-state index contributed by atoms with van der Waals surface area (Å²) in [5.41, 5.74) is 4.16. The Morgan fingerprint density at radius 1 is 1.38 bits per heavy atom. The summed E-state index contributed by atoms with van der Waals surface area (Å²) in [6, 6.07) is 5.81. The van der Waals surface area contributed by atoms with E-state index in [9.17, 15) is 4.79 Å². The number of ketones is 1. The van der Waals surface area contributed by atoms with Crippen LogP contribution in [0.2, 0.25) is 0 Å². The second kappa shape index (κ2) is 5.50. The lowest BCUT2D eigenvalue weighted by molar-refractivity contribution is 0.101. The van der Waals surface area contributed by atoms with Gasteiger partial charge in [-0.15, -0.1) is 0 Å². The Kier molecular flexibility index (Phi) is 4.29. The fourth-order valence-corrected chi connectivity index (χ4v) is 1.51. The first-order valence-corrected chi connectivity index (χ1v) is 5.62. The van der Waals surface area contributed by atoms with Gasteiger partial charge in [0.1, 0.15) is 0 Å². The van der Waals surface area contributed by atoms with Crippen LogP contribution in [0.3, 0.4) is 0 Å². The van der Waals surface area contributed by atoms with Gasteiger partial charge in [-0.3, -0.25) is 4.79 Å². The molecule has 0 aliphatic rings. The highest BCUT2D eigenvalue weighted by Crippen LogP contribution is 2.20. The van der Waals surface area contributed by atoms with Crippen molar-refractivity contribution in [2.75, 3.05) is 5.32 Å². The summed E-state index contributed by atoms with van der Waals surface area (Å²) in [7, 11) is 0. The normalized spacial score (nSPS) is 11.4. The van der Waals surface area contributed by atoms with Crippen molar-refractivity contribution in [3.8, 4) is 0 Å². The molecule has 1 aromatic carbocycles. The molecule has 0 aliphatic heterocycles. The number of rotatable bonds is 4. The Hall–Kier alpha value is -1.57. The number of nitrogens with one attached hydrogen (secondary N) is 1. The number of carbonyl (C=O) groups excluding carboxylic acids is 1. The zero-order valence-corrected chi connectivity index (χ0v) is 10.4. The van der Waals surface area contributed by atoms with Gasteiger partial charge >= 0.3 is 0 Å². The van der Waals surface area contributed by atoms with Crippen LogP contribution in [0.4, 0.5) is 5.69 Å². The molecule has 0 spiro atoms. The summed E-state index contributed by atoms with van der Waals surface area (Å²) in [6.07, 6.45) is 2.94. The first-order valence-electron chi connectivity index (χ1n) is 5.62. The number of hydrogen-bond acceptors (Lipinski definition) is 2. The first-order chi connectivity index (χ1) is 7.58. The Morgan fingerprint density at radius 2 is 2.06 bits per heavy atom.